The summed E-state index contributed by atoms with van der Waals surface area (Å²) >= 11 is 5.80. The Hall–Kier alpha value is -1.17. The molecule has 1 atom stereocenters. The molecule has 1 aromatic carbocycles. The minimum absolute atomic E-state index is 0.0283. The topological polar surface area (TPSA) is 55.6 Å². The van der Waals surface area contributed by atoms with Crippen molar-refractivity contribution in [1.29, 1.82) is 0 Å². The average molecular weight is 285 g/mol. The third-order valence-electron chi connectivity index (χ3n) is 3.29. The largest absolute Gasteiger partial charge is 0.376 e. The first-order chi connectivity index (χ1) is 9.10. The molecule has 19 heavy (non-hydrogen) atoms. The van der Waals surface area contributed by atoms with Crippen LogP contribution in [-0.4, -0.2) is 35.6 Å². The van der Waals surface area contributed by atoms with Gasteiger partial charge in [0.2, 0.25) is 0 Å². The number of halogens is 1. The minimum atomic E-state index is -0.444. The van der Waals surface area contributed by atoms with E-state index < -0.39 is 4.92 Å². The molecule has 1 aliphatic rings. The van der Waals surface area contributed by atoms with Crippen LogP contribution in [0, 0.1) is 10.1 Å². The highest BCUT2D eigenvalue weighted by molar-refractivity contribution is 6.32. The zero-order chi connectivity index (χ0) is 13.8. The van der Waals surface area contributed by atoms with Gasteiger partial charge < -0.3 is 4.74 Å². The predicted molar refractivity (Wildman–Crippen MR) is 73.4 cm³/mol. The standard InChI is InChI=1S/C13H17ClN2O3/c1-2-11-9-15(5-6-19-11)8-10-3-4-12(14)13(7-10)16(17)18/h3-4,7,11H,2,5-6,8-9H2,1H3. The van der Waals surface area contributed by atoms with Crippen LogP contribution in [0.5, 0.6) is 0 Å². The van der Waals surface area contributed by atoms with Gasteiger partial charge in [-0.25, -0.2) is 0 Å². The maximum absolute atomic E-state index is 10.9. The van der Waals surface area contributed by atoms with Gasteiger partial charge in [0.15, 0.2) is 0 Å². The van der Waals surface area contributed by atoms with Crippen molar-refractivity contribution < 1.29 is 9.66 Å². The molecule has 0 amide bonds. The summed E-state index contributed by atoms with van der Waals surface area (Å²) < 4.78 is 5.61. The summed E-state index contributed by atoms with van der Waals surface area (Å²) in [5.74, 6) is 0. The number of benzene rings is 1. The van der Waals surface area contributed by atoms with E-state index in [-0.39, 0.29) is 16.8 Å². The van der Waals surface area contributed by atoms with E-state index in [1.165, 1.54) is 0 Å². The molecule has 2 rings (SSSR count). The maximum atomic E-state index is 10.9. The monoisotopic (exact) mass is 284 g/mol. The molecule has 1 unspecified atom stereocenters. The molecular formula is C13H17ClN2O3. The molecule has 1 aliphatic heterocycles. The predicted octanol–water partition coefficient (Wildman–Crippen LogP) is 2.86. The maximum Gasteiger partial charge on any atom is 0.288 e. The second-order valence-corrected chi connectivity index (χ2v) is 5.09. The van der Waals surface area contributed by atoms with Gasteiger partial charge in [-0.1, -0.05) is 24.6 Å². The van der Waals surface area contributed by atoms with Gasteiger partial charge >= 0.3 is 0 Å². The van der Waals surface area contributed by atoms with Crippen LogP contribution < -0.4 is 0 Å². The molecule has 0 aliphatic carbocycles. The van der Waals surface area contributed by atoms with Gasteiger partial charge in [-0.3, -0.25) is 15.0 Å². The first kappa shape index (κ1) is 14.2. The van der Waals surface area contributed by atoms with Gasteiger partial charge in [-0.15, -0.1) is 0 Å². The number of nitrogens with zero attached hydrogens (tertiary/aromatic N) is 2. The highest BCUT2D eigenvalue weighted by Gasteiger charge is 2.20. The van der Waals surface area contributed by atoms with Crippen molar-refractivity contribution in [2.45, 2.75) is 26.0 Å². The molecule has 0 saturated carbocycles. The summed E-state index contributed by atoms with van der Waals surface area (Å²) in [4.78, 5) is 12.7. The Kier molecular flexibility index (Phi) is 4.74. The van der Waals surface area contributed by atoms with Gasteiger partial charge in [0.25, 0.3) is 5.69 Å². The van der Waals surface area contributed by atoms with E-state index in [0.717, 1.165) is 25.1 Å². The lowest BCUT2D eigenvalue weighted by atomic mass is 10.1. The molecule has 0 aromatic heterocycles. The molecule has 1 fully saturated rings. The van der Waals surface area contributed by atoms with Gasteiger partial charge in [0.05, 0.1) is 17.6 Å². The first-order valence-corrected chi connectivity index (χ1v) is 6.74. The van der Waals surface area contributed by atoms with Crippen LogP contribution in [0.4, 0.5) is 5.69 Å². The molecule has 0 radical (unpaired) electrons. The molecule has 0 spiro atoms. The molecule has 1 aromatic rings. The van der Waals surface area contributed by atoms with E-state index in [2.05, 4.69) is 11.8 Å². The van der Waals surface area contributed by atoms with Crippen LogP contribution in [0.25, 0.3) is 0 Å². The van der Waals surface area contributed by atoms with E-state index in [4.69, 9.17) is 16.3 Å². The molecule has 0 bridgehead atoms. The van der Waals surface area contributed by atoms with Crippen molar-refractivity contribution in [2.24, 2.45) is 0 Å². The Balaban J connectivity index is 2.06. The second-order valence-electron chi connectivity index (χ2n) is 4.68. The van der Waals surface area contributed by atoms with Gasteiger partial charge in [-0.05, 0) is 18.1 Å². The normalized spacial score (nSPS) is 20.4. The van der Waals surface area contributed by atoms with Crippen molar-refractivity contribution in [3.8, 4) is 0 Å². The fourth-order valence-electron chi connectivity index (χ4n) is 2.23. The SMILES string of the molecule is CCC1CN(Cc2ccc(Cl)c([N+](=O)[O-])c2)CCO1. The lowest BCUT2D eigenvalue weighted by molar-refractivity contribution is -0.384. The van der Waals surface area contributed by atoms with E-state index in [0.29, 0.717) is 13.2 Å². The van der Waals surface area contributed by atoms with E-state index in [1.807, 2.05) is 6.07 Å². The molecule has 5 nitrogen and oxygen atoms in total. The number of hydrogen-bond acceptors (Lipinski definition) is 4. The zero-order valence-electron chi connectivity index (χ0n) is 10.8. The summed E-state index contributed by atoms with van der Waals surface area (Å²) in [5, 5.41) is 11.0. The Labute approximate surface area is 117 Å². The van der Waals surface area contributed by atoms with Crippen LogP contribution >= 0.6 is 11.6 Å². The third-order valence-corrected chi connectivity index (χ3v) is 3.61. The number of ether oxygens (including phenoxy) is 1. The first-order valence-electron chi connectivity index (χ1n) is 6.37. The number of hydrogen-bond donors (Lipinski definition) is 0. The molecule has 6 heteroatoms. The average Bonchev–Trinajstić information content (AvgIpc) is 2.41. The van der Waals surface area contributed by atoms with Crippen molar-refractivity contribution in [3.63, 3.8) is 0 Å². The van der Waals surface area contributed by atoms with Crippen molar-refractivity contribution in [3.05, 3.63) is 38.9 Å². The van der Waals surface area contributed by atoms with Crippen LogP contribution in [0.15, 0.2) is 18.2 Å². The minimum Gasteiger partial charge on any atom is -0.376 e. The second kappa shape index (κ2) is 6.32. The van der Waals surface area contributed by atoms with Gasteiger partial charge in [-0.2, -0.15) is 0 Å². The number of rotatable bonds is 4. The summed E-state index contributed by atoms with van der Waals surface area (Å²) in [6, 6.07) is 4.98. The van der Waals surface area contributed by atoms with Crippen molar-refractivity contribution >= 4 is 17.3 Å². The Morgan fingerprint density at radius 2 is 2.37 bits per heavy atom. The summed E-state index contributed by atoms with van der Waals surface area (Å²) in [6.45, 7) is 5.23. The summed E-state index contributed by atoms with van der Waals surface area (Å²) in [6.07, 6.45) is 1.24. The number of nitro benzene ring substituents is 1. The zero-order valence-corrected chi connectivity index (χ0v) is 11.6. The highest BCUT2D eigenvalue weighted by atomic mass is 35.5. The van der Waals surface area contributed by atoms with Crippen LogP contribution in [0.1, 0.15) is 18.9 Å². The van der Waals surface area contributed by atoms with Crippen LogP contribution in [0.3, 0.4) is 0 Å². The van der Waals surface area contributed by atoms with Gasteiger partial charge in [0.1, 0.15) is 5.02 Å². The van der Waals surface area contributed by atoms with E-state index in [9.17, 15) is 10.1 Å². The Morgan fingerprint density at radius 1 is 1.58 bits per heavy atom. The third kappa shape index (κ3) is 3.65. The number of morpholine rings is 1. The Morgan fingerprint density at radius 3 is 3.05 bits per heavy atom. The van der Waals surface area contributed by atoms with Crippen molar-refractivity contribution in [2.75, 3.05) is 19.7 Å². The van der Waals surface area contributed by atoms with E-state index in [1.54, 1.807) is 12.1 Å². The lowest BCUT2D eigenvalue weighted by Crippen LogP contribution is -2.41. The van der Waals surface area contributed by atoms with Gasteiger partial charge in [0, 0.05) is 25.7 Å². The molecule has 1 heterocycles. The summed E-state index contributed by atoms with van der Waals surface area (Å²) in [5.41, 5.74) is 0.882. The van der Waals surface area contributed by atoms with Crippen LogP contribution in [0.2, 0.25) is 5.02 Å². The Bertz CT molecular complexity index is 467. The van der Waals surface area contributed by atoms with Crippen molar-refractivity contribution in [1.82, 2.24) is 4.90 Å². The smallest absolute Gasteiger partial charge is 0.288 e. The fourth-order valence-corrected chi connectivity index (χ4v) is 2.41. The number of nitro groups is 1. The lowest BCUT2D eigenvalue weighted by Gasteiger charge is -2.32. The summed E-state index contributed by atoms with van der Waals surface area (Å²) in [7, 11) is 0. The molecule has 0 N–H and O–H groups in total. The van der Waals surface area contributed by atoms with E-state index >= 15 is 0 Å². The highest BCUT2D eigenvalue weighted by Crippen LogP contribution is 2.26. The molecular weight excluding hydrogens is 268 g/mol. The molecule has 1 saturated heterocycles. The van der Waals surface area contributed by atoms with Crippen LogP contribution in [-0.2, 0) is 11.3 Å². The fraction of sp³-hybridized carbons (Fsp3) is 0.538. The molecule has 104 valence electrons. The quantitative estimate of drug-likeness (QED) is 0.630.